The molecular weight excluding hydrogens is 469 g/mol. The van der Waals surface area contributed by atoms with Crippen LogP contribution in [-0.4, -0.2) is 52.0 Å². The monoisotopic (exact) mass is 502 g/mol. The summed E-state index contributed by atoms with van der Waals surface area (Å²) in [7, 11) is 1.51. The number of carbonyl (C=O) groups is 1. The van der Waals surface area contributed by atoms with Crippen molar-refractivity contribution in [3.8, 4) is 11.4 Å². The molecule has 0 aliphatic rings. The normalized spacial score (nSPS) is 13.3. The van der Waals surface area contributed by atoms with Crippen LogP contribution < -0.4 is 11.1 Å². The molecule has 3 N–H and O–H groups in total. The van der Waals surface area contributed by atoms with E-state index in [1.807, 2.05) is 51.1 Å². The molecule has 1 unspecified atom stereocenters. The summed E-state index contributed by atoms with van der Waals surface area (Å²) >= 11 is 0. The van der Waals surface area contributed by atoms with Crippen molar-refractivity contribution in [3.63, 3.8) is 0 Å². The van der Waals surface area contributed by atoms with Gasteiger partial charge in [-0.05, 0) is 35.6 Å². The summed E-state index contributed by atoms with van der Waals surface area (Å²) in [5.74, 6) is -0.886. The highest BCUT2D eigenvalue weighted by molar-refractivity contribution is 5.74. The van der Waals surface area contributed by atoms with E-state index in [9.17, 15) is 18.0 Å². The van der Waals surface area contributed by atoms with Crippen LogP contribution in [0.25, 0.3) is 11.4 Å². The standard InChI is InChI=1S/C26H33F3N6O/c1-26(2,3)22(34(25(36)31-4)13-12-19(30)15-27)24-32-23(20-14-18(28)10-11-21(20)29)33-35(24)16-17-8-6-5-7-9-17/h5-11,14,19,22H,12-13,15-16,30H2,1-4H3,(H,31,36)/t19-,22?/m1/s1. The number of hydrogen-bond donors (Lipinski definition) is 2. The first-order valence-corrected chi connectivity index (χ1v) is 11.8. The zero-order valence-corrected chi connectivity index (χ0v) is 21.0. The number of carbonyl (C=O) groups excluding carboxylic acids is 1. The van der Waals surface area contributed by atoms with Crippen molar-refractivity contribution >= 4 is 6.03 Å². The molecule has 194 valence electrons. The topological polar surface area (TPSA) is 89.1 Å². The number of urea groups is 1. The van der Waals surface area contributed by atoms with Gasteiger partial charge in [0.1, 0.15) is 18.3 Å². The van der Waals surface area contributed by atoms with Gasteiger partial charge < -0.3 is 16.0 Å². The van der Waals surface area contributed by atoms with E-state index in [0.717, 1.165) is 23.8 Å². The van der Waals surface area contributed by atoms with Gasteiger partial charge in [0.25, 0.3) is 0 Å². The molecule has 2 amide bonds. The maximum atomic E-state index is 14.7. The molecule has 1 aromatic heterocycles. The number of benzene rings is 2. The average Bonchev–Trinajstić information content (AvgIpc) is 3.24. The molecule has 0 bridgehead atoms. The van der Waals surface area contributed by atoms with Gasteiger partial charge in [-0.1, -0.05) is 51.1 Å². The van der Waals surface area contributed by atoms with Crippen LogP contribution >= 0.6 is 0 Å². The lowest BCUT2D eigenvalue weighted by Crippen LogP contribution is -2.47. The SMILES string of the molecule is CNC(=O)N(CC[C@@H](N)CF)C(c1nc(-c2cc(F)ccc2F)nn1Cc1ccccc1)C(C)(C)C. The van der Waals surface area contributed by atoms with E-state index < -0.39 is 41.8 Å². The zero-order valence-electron chi connectivity index (χ0n) is 21.0. The van der Waals surface area contributed by atoms with Gasteiger partial charge in [0.05, 0.1) is 18.2 Å². The predicted octanol–water partition coefficient (Wildman–Crippen LogP) is 4.69. The van der Waals surface area contributed by atoms with Crippen LogP contribution in [0.5, 0.6) is 0 Å². The maximum absolute atomic E-state index is 14.7. The number of hydrogen-bond acceptors (Lipinski definition) is 4. The second kappa shape index (κ2) is 11.6. The molecule has 36 heavy (non-hydrogen) atoms. The molecular formula is C26H33F3N6O. The number of halogens is 3. The Balaban J connectivity index is 2.18. The van der Waals surface area contributed by atoms with Crippen LogP contribution in [-0.2, 0) is 6.54 Å². The van der Waals surface area contributed by atoms with Gasteiger partial charge >= 0.3 is 6.03 Å². The van der Waals surface area contributed by atoms with E-state index in [-0.39, 0.29) is 30.9 Å². The Morgan fingerprint density at radius 3 is 2.47 bits per heavy atom. The Labute approximate surface area is 209 Å². The van der Waals surface area contributed by atoms with Crippen LogP contribution in [0.1, 0.15) is 44.6 Å². The van der Waals surface area contributed by atoms with Gasteiger partial charge in [-0.2, -0.15) is 5.10 Å². The minimum absolute atomic E-state index is 0.00416. The van der Waals surface area contributed by atoms with Gasteiger partial charge in [0.15, 0.2) is 11.6 Å². The van der Waals surface area contributed by atoms with E-state index in [1.165, 1.54) is 7.05 Å². The number of nitrogens with one attached hydrogen (secondary N) is 1. The summed E-state index contributed by atoms with van der Waals surface area (Å²) in [6.45, 7) is 5.55. The molecule has 0 fully saturated rings. The van der Waals surface area contributed by atoms with Gasteiger partial charge in [-0.15, -0.1) is 0 Å². The summed E-state index contributed by atoms with van der Waals surface area (Å²) in [6.07, 6.45) is 0.231. The van der Waals surface area contributed by atoms with Crippen molar-refractivity contribution < 1.29 is 18.0 Å². The molecule has 2 atom stereocenters. The first kappa shape index (κ1) is 27.2. The van der Waals surface area contributed by atoms with Crippen molar-refractivity contribution in [2.45, 2.75) is 45.8 Å². The molecule has 2 aromatic carbocycles. The largest absolute Gasteiger partial charge is 0.341 e. The van der Waals surface area contributed by atoms with Gasteiger partial charge in [0.2, 0.25) is 0 Å². The summed E-state index contributed by atoms with van der Waals surface area (Å²) in [5, 5.41) is 7.19. The molecule has 0 radical (unpaired) electrons. The molecule has 0 aliphatic heterocycles. The fourth-order valence-electron chi connectivity index (χ4n) is 4.08. The van der Waals surface area contributed by atoms with E-state index in [2.05, 4.69) is 15.4 Å². The highest BCUT2D eigenvalue weighted by Crippen LogP contribution is 2.38. The Hall–Kier alpha value is -3.40. The molecule has 0 aliphatic carbocycles. The number of alkyl halides is 1. The fraction of sp³-hybridized carbons (Fsp3) is 0.423. The smallest absolute Gasteiger partial charge is 0.317 e. The van der Waals surface area contributed by atoms with Crippen LogP contribution in [0, 0.1) is 17.0 Å². The lowest BCUT2D eigenvalue weighted by atomic mass is 9.84. The van der Waals surface area contributed by atoms with Crippen molar-refractivity contribution in [2.24, 2.45) is 11.1 Å². The number of nitrogens with zero attached hydrogens (tertiary/aromatic N) is 4. The van der Waals surface area contributed by atoms with Crippen LogP contribution in [0.15, 0.2) is 48.5 Å². The fourth-order valence-corrected chi connectivity index (χ4v) is 4.08. The second-order valence-corrected chi connectivity index (χ2v) is 9.78. The minimum atomic E-state index is -0.725. The second-order valence-electron chi connectivity index (χ2n) is 9.78. The molecule has 1 heterocycles. The third-order valence-corrected chi connectivity index (χ3v) is 5.84. The van der Waals surface area contributed by atoms with E-state index in [1.54, 1.807) is 9.58 Å². The van der Waals surface area contributed by atoms with Crippen LogP contribution in [0.2, 0.25) is 0 Å². The molecule has 10 heteroatoms. The molecule has 0 saturated carbocycles. The molecule has 3 rings (SSSR count). The Kier molecular flexibility index (Phi) is 8.73. The van der Waals surface area contributed by atoms with Crippen molar-refractivity contribution in [1.29, 1.82) is 0 Å². The van der Waals surface area contributed by atoms with Gasteiger partial charge in [-0.25, -0.2) is 27.6 Å². The predicted molar refractivity (Wildman–Crippen MR) is 133 cm³/mol. The minimum Gasteiger partial charge on any atom is -0.341 e. The summed E-state index contributed by atoms with van der Waals surface area (Å²) in [6, 6.07) is 10.8. The quantitative estimate of drug-likeness (QED) is 0.444. The average molecular weight is 503 g/mol. The first-order chi connectivity index (χ1) is 17.0. The summed E-state index contributed by atoms with van der Waals surface area (Å²) in [4.78, 5) is 19.2. The number of rotatable bonds is 9. The molecule has 7 nitrogen and oxygen atoms in total. The molecule has 0 saturated heterocycles. The van der Waals surface area contributed by atoms with Crippen molar-refractivity contribution in [3.05, 3.63) is 71.6 Å². The third kappa shape index (κ3) is 6.42. The van der Waals surface area contributed by atoms with Gasteiger partial charge in [0, 0.05) is 19.6 Å². The number of amides is 2. The molecule has 0 spiro atoms. The van der Waals surface area contributed by atoms with E-state index >= 15 is 0 Å². The van der Waals surface area contributed by atoms with Crippen molar-refractivity contribution in [2.75, 3.05) is 20.3 Å². The Morgan fingerprint density at radius 2 is 1.86 bits per heavy atom. The first-order valence-electron chi connectivity index (χ1n) is 11.8. The van der Waals surface area contributed by atoms with E-state index in [0.29, 0.717) is 5.82 Å². The molecule has 3 aromatic rings. The number of nitrogens with two attached hydrogens (primary N) is 1. The van der Waals surface area contributed by atoms with Crippen LogP contribution in [0.4, 0.5) is 18.0 Å². The highest BCUT2D eigenvalue weighted by Gasteiger charge is 2.39. The van der Waals surface area contributed by atoms with E-state index in [4.69, 9.17) is 5.73 Å². The Morgan fingerprint density at radius 1 is 1.17 bits per heavy atom. The zero-order chi connectivity index (χ0) is 26.5. The van der Waals surface area contributed by atoms with Crippen molar-refractivity contribution in [1.82, 2.24) is 25.0 Å². The Bertz CT molecular complexity index is 1160. The highest BCUT2D eigenvalue weighted by atomic mass is 19.1. The number of aromatic nitrogens is 3. The lowest BCUT2D eigenvalue weighted by molar-refractivity contribution is 0.105. The maximum Gasteiger partial charge on any atom is 0.317 e. The summed E-state index contributed by atoms with van der Waals surface area (Å²) < 4.78 is 43.4. The summed E-state index contributed by atoms with van der Waals surface area (Å²) in [5.41, 5.74) is 6.07. The third-order valence-electron chi connectivity index (χ3n) is 5.84. The van der Waals surface area contributed by atoms with Crippen LogP contribution in [0.3, 0.4) is 0 Å². The lowest BCUT2D eigenvalue weighted by Gasteiger charge is -2.39. The van der Waals surface area contributed by atoms with Gasteiger partial charge in [-0.3, -0.25) is 0 Å².